The quantitative estimate of drug-likeness (QED) is 0.695. The average molecular weight is 189 g/mol. The minimum atomic E-state index is -0.0179. The van der Waals surface area contributed by atoms with Crippen molar-refractivity contribution in [1.29, 1.82) is 0 Å². The lowest BCUT2D eigenvalue weighted by Gasteiger charge is -1.99. The van der Waals surface area contributed by atoms with Gasteiger partial charge in [-0.25, -0.2) is 4.79 Å². The predicted octanol–water partition coefficient (Wildman–Crippen LogP) is 0.630. The predicted molar refractivity (Wildman–Crippen MR) is 53.0 cm³/mol. The summed E-state index contributed by atoms with van der Waals surface area (Å²) in [6, 6.07) is 5.67. The molecule has 2 aromatic rings. The van der Waals surface area contributed by atoms with E-state index in [1.807, 2.05) is 18.2 Å². The molecule has 0 saturated heterocycles. The summed E-state index contributed by atoms with van der Waals surface area (Å²) >= 11 is 0. The molecule has 0 aromatic carbocycles. The van der Waals surface area contributed by atoms with Crippen LogP contribution in [0.2, 0.25) is 0 Å². The first-order chi connectivity index (χ1) is 6.77. The van der Waals surface area contributed by atoms with Crippen molar-refractivity contribution in [3.8, 4) is 0 Å². The summed E-state index contributed by atoms with van der Waals surface area (Å²) in [6.45, 7) is 0.528. The normalized spacial score (nSPS) is 10.4. The van der Waals surface area contributed by atoms with Crippen LogP contribution in [0.25, 0.3) is 0 Å². The van der Waals surface area contributed by atoms with Crippen molar-refractivity contribution in [2.45, 2.75) is 6.54 Å². The van der Waals surface area contributed by atoms with Gasteiger partial charge in [-0.3, -0.25) is 9.55 Å². The Labute approximate surface area is 81.4 Å². The first kappa shape index (κ1) is 8.74. The van der Waals surface area contributed by atoms with E-state index in [-0.39, 0.29) is 5.69 Å². The molecule has 0 bridgehead atoms. The van der Waals surface area contributed by atoms with Crippen molar-refractivity contribution in [3.63, 3.8) is 0 Å². The third-order valence-corrected chi connectivity index (χ3v) is 2.08. The number of aryl methyl sites for hydroxylation is 1. The van der Waals surface area contributed by atoms with Crippen LogP contribution in [0.3, 0.4) is 0 Å². The second-order valence-electron chi connectivity index (χ2n) is 3.14. The summed E-state index contributed by atoms with van der Waals surface area (Å²) in [5.41, 5.74) is 0.872. The second kappa shape index (κ2) is 3.49. The summed E-state index contributed by atoms with van der Waals surface area (Å²) in [7, 11) is 1.73. The summed E-state index contributed by atoms with van der Waals surface area (Å²) in [5.74, 6) is 0. The first-order valence-corrected chi connectivity index (χ1v) is 4.39. The molecule has 2 aromatic heterocycles. The van der Waals surface area contributed by atoms with Gasteiger partial charge in [-0.05, 0) is 12.1 Å². The van der Waals surface area contributed by atoms with Crippen molar-refractivity contribution in [3.05, 3.63) is 53.0 Å². The molecule has 4 heteroatoms. The number of nitrogens with zero attached hydrogens (tertiary/aromatic N) is 3. The number of hydrogen-bond acceptors (Lipinski definition) is 2. The Morgan fingerprint density at radius 3 is 2.79 bits per heavy atom. The summed E-state index contributed by atoms with van der Waals surface area (Å²) in [4.78, 5) is 15.6. The van der Waals surface area contributed by atoms with Crippen LogP contribution in [0.4, 0.5) is 0 Å². The summed E-state index contributed by atoms with van der Waals surface area (Å²) in [5, 5.41) is 0. The molecular formula is C10H11N3O. The molecule has 0 aliphatic carbocycles. The van der Waals surface area contributed by atoms with Crippen molar-refractivity contribution in [2.75, 3.05) is 0 Å². The summed E-state index contributed by atoms with van der Waals surface area (Å²) in [6.07, 6.45) is 5.23. The number of hydrogen-bond donors (Lipinski definition) is 0. The highest BCUT2D eigenvalue weighted by molar-refractivity contribution is 5.04. The molecule has 0 atom stereocenters. The van der Waals surface area contributed by atoms with Gasteiger partial charge in [0.1, 0.15) is 0 Å². The van der Waals surface area contributed by atoms with Crippen LogP contribution < -0.4 is 5.69 Å². The molecule has 0 fully saturated rings. The van der Waals surface area contributed by atoms with E-state index in [4.69, 9.17) is 0 Å². The SMILES string of the molecule is Cn1ccn(Cc2ccccn2)c1=O. The van der Waals surface area contributed by atoms with E-state index in [1.54, 1.807) is 34.8 Å². The standard InChI is InChI=1S/C10H11N3O/c1-12-6-7-13(10(12)14)8-9-4-2-3-5-11-9/h2-7H,8H2,1H3. The van der Waals surface area contributed by atoms with Crippen LogP contribution in [0.15, 0.2) is 41.6 Å². The van der Waals surface area contributed by atoms with Crippen molar-refractivity contribution in [2.24, 2.45) is 7.05 Å². The minimum Gasteiger partial charge on any atom is -0.302 e. The van der Waals surface area contributed by atoms with Crippen molar-refractivity contribution >= 4 is 0 Å². The molecule has 0 unspecified atom stereocenters. The Morgan fingerprint density at radius 1 is 1.36 bits per heavy atom. The van der Waals surface area contributed by atoms with Gasteiger partial charge in [0.15, 0.2) is 0 Å². The third kappa shape index (κ3) is 1.59. The molecule has 0 aliphatic rings. The van der Waals surface area contributed by atoms with Gasteiger partial charge in [-0.15, -0.1) is 0 Å². The highest BCUT2D eigenvalue weighted by Gasteiger charge is 2.00. The largest absolute Gasteiger partial charge is 0.328 e. The first-order valence-electron chi connectivity index (χ1n) is 4.39. The Hall–Kier alpha value is -1.84. The fourth-order valence-corrected chi connectivity index (χ4v) is 1.30. The van der Waals surface area contributed by atoms with Gasteiger partial charge < -0.3 is 4.57 Å². The smallest absolute Gasteiger partial charge is 0.302 e. The molecule has 0 saturated carbocycles. The lowest BCUT2D eigenvalue weighted by molar-refractivity contribution is 0.705. The summed E-state index contributed by atoms with van der Waals surface area (Å²) < 4.78 is 3.17. The molecule has 4 nitrogen and oxygen atoms in total. The number of aromatic nitrogens is 3. The lowest BCUT2D eigenvalue weighted by atomic mass is 10.3. The Morgan fingerprint density at radius 2 is 2.21 bits per heavy atom. The van der Waals surface area contributed by atoms with E-state index in [2.05, 4.69) is 4.98 Å². The van der Waals surface area contributed by atoms with Crippen LogP contribution in [-0.4, -0.2) is 14.1 Å². The molecule has 0 spiro atoms. The van der Waals surface area contributed by atoms with Crippen molar-refractivity contribution < 1.29 is 0 Å². The zero-order chi connectivity index (χ0) is 9.97. The Balaban J connectivity index is 2.28. The Kier molecular flexibility index (Phi) is 2.18. The van der Waals surface area contributed by atoms with Gasteiger partial charge in [-0.1, -0.05) is 6.07 Å². The van der Waals surface area contributed by atoms with Gasteiger partial charge in [0.05, 0.1) is 12.2 Å². The third-order valence-electron chi connectivity index (χ3n) is 2.08. The molecular weight excluding hydrogens is 178 g/mol. The lowest BCUT2D eigenvalue weighted by Crippen LogP contribution is -2.22. The van der Waals surface area contributed by atoms with Crippen molar-refractivity contribution in [1.82, 2.24) is 14.1 Å². The average Bonchev–Trinajstić information content (AvgIpc) is 2.52. The number of pyridine rings is 1. The fraction of sp³-hybridized carbons (Fsp3) is 0.200. The monoisotopic (exact) mass is 189 g/mol. The van der Waals surface area contributed by atoms with Gasteiger partial charge in [0.2, 0.25) is 0 Å². The molecule has 0 aliphatic heterocycles. The topological polar surface area (TPSA) is 39.8 Å². The van der Waals surface area contributed by atoms with E-state index >= 15 is 0 Å². The molecule has 0 amide bonds. The van der Waals surface area contributed by atoms with Crippen LogP contribution >= 0.6 is 0 Å². The molecule has 2 heterocycles. The van der Waals surface area contributed by atoms with Crippen LogP contribution in [-0.2, 0) is 13.6 Å². The van der Waals surface area contributed by atoms with Crippen LogP contribution in [0.1, 0.15) is 5.69 Å². The molecule has 0 N–H and O–H groups in total. The maximum Gasteiger partial charge on any atom is 0.328 e. The highest BCUT2D eigenvalue weighted by Crippen LogP contribution is 1.95. The number of rotatable bonds is 2. The zero-order valence-electron chi connectivity index (χ0n) is 7.92. The van der Waals surface area contributed by atoms with Gasteiger partial charge >= 0.3 is 5.69 Å². The molecule has 2 rings (SSSR count). The molecule has 14 heavy (non-hydrogen) atoms. The van der Waals surface area contributed by atoms with E-state index in [0.717, 1.165) is 5.69 Å². The van der Waals surface area contributed by atoms with Gasteiger partial charge in [0, 0.05) is 25.6 Å². The van der Waals surface area contributed by atoms with Crippen LogP contribution in [0.5, 0.6) is 0 Å². The highest BCUT2D eigenvalue weighted by atomic mass is 16.1. The van der Waals surface area contributed by atoms with Crippen LogP contribution in [0, 0.1) is 0 Å². The van der Waals surface area contributed by atoms with E-state index in [1.165, 1.54) is 0 Å². The Bertz CT molecular complexity index is 470. The molecule has 72 valence electrons. The maximum atomic E-state index is 11.5. The minimum absolute atomic E-state index is 0.0179. The zero-order valence-corrected chi connectivity index (χ0v) is 7.92. The molecule has 0 radical (unpaired) electrons. The van der Waals surface area contributed by atoms with E-state index in [9.17, 15) is 4.79 Å². The number of imidazole rings is 1. The maximum absolute atomic E-state index is 11.5. The fourth-order valence-electron chi connectivity index (χ4n) is 1.30. The van der Waals surface area contributed by atoms with Gasteiger partial charge in [0.25, 0.3) is 0 Å². The van der Waals surface area contributed by atoms with E-state index in [0.29, 0.717) is 6.54 Å². The van der Waals surface area contributed by atoms with E-state index < -0.39 is 0 Å². The van der Waals surface area contributed by atoms with Gasteiger partial charge in [-0.2, -0.15) is 0 Å². The second-order valence-corrected chi connectivity index (χ2v) is 3.14.